The Morgan fingerprint density at radius 2 is 1.94 bits per heavy atom. The van der Waals surface area contributed by atoms with Gasteiger partial charge in [0.05, 0.1) is 5.75 Å². The van der Waals surface area contributed by atoms with Crippen molar-refractivity contribution in [3.63, 3.8) is 0 Å². The fourth-order valence-electron chi connectivity index (χ4n) is 1.14. The highest BCUT2D eigenvalue weighted by atomic mass is 32.2. The van der Waals surface area contributed by atoms with E-state index in [1.807, 2.05) is 0 Å². The van der Waals surface area contributed by atoms with Crippen LogP contribution in [0.25, 0.3) is 0 Å². The van der Waals surface area contributed by atoms with Crippen molar-refractivity contribution in [2.75, 3.05) is 12.4 Å². The maximum absolute atomic E-state index is 11.2. The van der Waals surface area contributed by atoms with Crippen LogP contribution in [0.1, 0.15) is 18.1 Å². The van der Waals surface area contributed by atoms with Gasteiger partial charge in [-0.15, -0.1) is 0 Å². The van der Waals surface area contributed by atoms with Gasteiger partial charge in [-0.1, -0.05) is 24.0 Å². The molecule has 0 aliphatic rings. The summed E-state index contributed by atoms with van der Waals surface area (Å²) < 4.78 is 24.9. The zero-order chi connectivity index (χ0) is 12.7. The number of benzene rings is 1. The molecule has 92 valence electrons. The van der Waals surface area contributed by atoms with Crippen molar-refractivity contribution < 1.29 is 13.5 Å². The molecule has 0 atom stereocenters. The van der Waals surface area contributed by atoms with E-state index in [2.05, 4.69) is 16.6 Å². The first kappa shape index (κ1) is 13.7. The molecular weight excluding hydrogens is 238 g/mol. The molecule has 4 nitrogen and oxygen atoms in total. The zero-order valence-corrected chi connectivity index (χ0v) is 10.4. The molecule has 0 bridgehead atoms. The summed E-state index contributed by atoms with van der Waals surface area (Å²) in [6.07, 6.45) is 0. The van der Waals surface area contributed by atoms with Crippen LogP contribution in [0.2, 0.25) is 0 Å². The first-order chi connectivity index (χ1) is 8.07. The Morgan fingerprint density at radius 3 is 2.47 bits per heavy atom. The molecule has 0 saturated carbocycles. The summed E-state index contributed by atoms with van der Waals surface area (Å²) in [5.74, 6) is 5.39. The molecular formula is C12H15NO3S. The summed E-state index contributed by atoms with van der Waals surface area (Å²) in [5.41, 5.74) is 1.66. The molecule has 1 aromatic rings. The Hall–Kier alpha value is -1.35. The van der Waals surface area contributed by atoms with E-state index in [1.165, 1.54) is 0 Å². The van der Waals surface area contributed by atoms with Crippen molar-refractivity contribution in [3.05, 3.63) is 35.4 Å². The Morgan fingerprint density at radius 1 is 1.29 bits per heavy atom. The lowest BCUT2D eigenvalue weighted by molar-refractivity contribution is 0.350. The number of sulfonamides is 1. The van der Waals surface area contributed by atoms with Crippen LogP contribution in [0.5, 0.6) is 0 Å². The fourth-order valence-corrected chi connectivity index (χ4v) is 1.73. The van der Waals surface area contributed by atoms with Gasteiger partial charge in [-0.25, -0.2) is 13.1 Å². The summed E-state index contributed by atoms with van der Waals surface area (Å²) >= 11 is 0. The van der Waals surface area contributed by atoms with Crippen molar-refractivity contribution in [2.24, 2.45) is 0 Å². The minimum Gasteiger partial charge on any atom is -0.384 e. The van der Waals surface area contributed by atoms with Gasteiger partial charge in [-0.2, -0.15) is 0 Å². The highest BCUT2D eigenvalue weighted by molar-refractivity contribution is 7.89. The Kier molecular flexibility index (Phi) is 5.16. The predicted octanol–water partition coefficient (Wildman–Crippen LogP) is 0.470. The third kappa shape index (κ3) is 5.00. The zero-order valence-electron chi connectivity index (χ0n) is 9.60. The maximum Gasteiger partial charge on any atom is 0.211 e. The van der Waals surface area contributed by atoms with Crippen molar-refractivity contribution in [3.8, 4) is 11.8 Å². The second-order valence-electron chi connectivity index (χ2n) is 3.38. The molecule has 0 amide bonds. The van der Waals surface area contributed by atoms with Crippen molar-refractivity contribution in [2.45, 2.75) is 13.5 Å². The molecule has 0 spiro atoms. The van der Waals surface area contributed by atoms with Gasteiger partial charge in [0.2, 0.25) is 10.0 Å². The third-order valence-electron chi connectivity index (χ3n) is 2.14. The summed E-state index contributed by atoms with van der Waals surface area (Å²) in [7, 11) is -3.15. The fraction of sp³-hybridized carbons (Fsp3) is 0.333. The van der Waals surface area contributed by atoms with Gasteiger partial charge in [0.25, 0.3) is 0 Å². The van der Waals surface area contributed by atoms with Crippen LogP contribution >= 0.6 is 0 Å². The maximum atomic E-state index is 11.2. The quantitative estimate of drug-likeness (QED) is 0.767. The molecule has 2 N–H and O–H groups in total. The minimum absolute atomic E-state index is 0.0764. The number of nitrogens with one attached hydrogen (secondary N) is 1. The summed E-state index contributed by atoms with van der Waals surface area (Å²) in [4.78, 5) is 0. The number of aliphatic hydroxyl groups is 1. The SMILES string of the molecule is CCS(=O)(=O)NCc1ccc(C#CCO)cc1. The van der Waals surface area contributed by atoms with Crippen molar-refractivity contribution in [1.29, 1.82) is 0 Å². The van der Waals surface area contributed by atoms with E-state index in [4.69, 9.17) is 5.11 Å². The van der Waals surface area contributed by atoms with Gasteiger partial charge < -0.3 is 5.11 Å². The van der Waals surface area contributed by atoms with E-state index in [-0.39, 0.29) is 18.9 Å². The van der Waals surface area contributed by atoms with Crippen LogP contribution in [0.3, 0.4) is 0 Å². The van der Waals surface area contributed by atoms with E-state index in [0.717, 1.165) is 11.1 Å². The number of aliphatic hydroxyl groups excluding tert-OH is 1. The number of hydrogen-bond acceptors (Lipinski definition) is 3. The van der Waals surface area contributed by atoms with E-state index in [9.17, 15) is 8.42 Å². The van der Waals surface area contributed by atoms with Crippen LogP contribution in [-0.4, -0.2) is 25.9 Å². The van der Waals surface area contributed by atoms with Crippen molar-refractivity contribution >= 4 is 10.0 Å². The Labute approximate surface area is 102 Å². The monoisotopic (exact) mass is 253 g/mol. The number of hydrogen-bond donors (Lipinski definition) is 2. The van der Waals surface area contributed by atoms with Crippen LogP contribution in [-0.2, 0) is 16.6 Å². The average Bonchev–Trinajstić information content (AvgIpc) is 2.35. The van der Waals surface area contributed by atoms with Crippen LogP contribution in [0.4, 0.5) is 0 Å². The standard InChI is InChI=1S/C12H15NO3S/c1-2-17(15,16)13-10-12-7-5-11(6-8-12)4-3-9-14/h5-8,13-14H,2,9-10H2,1H3. The highest BCUT2D eigenvalue weighted by Gasteiger charge is 2.05. The molecule has 0 radical (unpaired) electrons. The normalized spacial score (nSPS) is 10.7. The number of rotatable bonds is 4. The summed E-state index contributed by atoms with van der Waals surface area (Å²) in [6, 6.07) is 7.19. The van der Waals surface area contributed by atoms with Gasteiger partial charge in [0.15, 0.2) is 0 Å². The summed E-state index contributed by atoms with van der Waals surface area (Å²) in [5, 5.41) is 8.53. The average molecular weight is 253 g/mol. The van der Waals surface area contributed by atoms with Gasteiger partial charge in [-0.3, -0.25) is 0 Å². The molecule has 1 aromatic carbocycles. The van der Waals surface area contributed by atoms with Gasteiger partial charge in [0.1, 0.15) is 6.61 Å². The first-order valence-corrected chi connectivity index (χ1v) is 6.88. The van der Waals surface area contributed by atoms with E-state index >= 15 is 0 Å². The van der Waals surface area contributed by atoms with Crippen LogP contribution in [0.15, 0.2) is 24.3 Å². The smallest absolute Gasteiger partial charge is 0.211 e. The topological polar surface area (TPSA) is 66.4 Å². The summed E-state index contributed by atoms with van der Waals surface area (Å²) in [6.45, 7) is 1.71. The minimum atomic E-state index is -3.15. The Balaban J connectivity index is 2.63. The molecule has 0 saturated heterocycles. The van der Waals surface area contributed by atoms with Crippen LogP contribution in [0, 0.1) is 11.8 Å². The van der Waals surface area contributed by atoms with Gasteiger partial charge in [0, 0.05) is 12.1 Å². The van der Waals surface area contributed by atoms with E-state index in [1.54, 1.807) is 31.2 Å². The third-order valence-corrected chi connectivity index (χ3v) is 3.49. The van der Waals surface area contributed by atoms with E-state index < -0.39 is 10.0 Å². The molecule has 0 unspecified atom stereocenters. The molecule has 1 rings (SSSR count). The molecule has 5 heteroatoms. The molecule has 0 aliphatic heterocycles. The predicted molar refractivity (Wildman–Crippen MR) is 66.7 cm³/mol. The Bertz CT molecular complexity index is 509. The largest absolute Gasteiger partial charge is 0.384 e. The van der Waals surface area contributed by atoms with E-state index in [0.29, 0.717) is 0 Å². The van der Waals surface area contributed by atoms with Gasteiger partial charge >= 0.3 is 0 Å². The molecule has 17 heavy (non-hydrogen) atoms. The lowest BCUT2D eigenvalue weighted by atomic mass is 10.1. The highest BCUT2D eigenvalue weighted by Crippen LogP contribution is 2.03. The van der Waals surface area contributed by atoms with Gasteiger partial charge in [-0.05, 0) is 24.6 Å². The van der Waals surface area contributed by atoms with Crippen LogP contribution < -0.4 is 4.72 Å². The lowest BCUT2D eigenvalue weighted by Crippen LogP contribution is -2.24. The molecule has 0 fully saturated rings. The first-order valence-electron chi connectivity index (χ1n) is 5.23. The second kappa shape index (κ2) is 6.40. The molecule has 0 heterocycles. The second-order valence-corrected chi connectivity index (χ2v) is 5.48. The molecule has 0 aromatic heterocycles. The lowest BCUT2D eigenvalue weighted by Gasteiger charge is -2.04. The van der Waals surface area contributed by atoms with Crippen molar-refractivity contribution in [1.82, 2.24) is 4.72 Å². The molecule has 0 aliphatic carbocycles.